The van der Waals surface area contributed by atoms with Crippen LogP contribution in [0.4, 0.5) is 0 Å². The Morgan fingerprint density at radius 1 is 1.14 bits per heavy atom. The Bertz CT molecular complexity index is 698. The van der Waals surface area contributed by atoms with Gasteiger partial charge in [0.1, 0.15) is 11.3 Å². The average molecular weight is 384 g/mol. The second-order valence-electron chi connectivity index (χ2n) is 4.35. The molecule has 0 saturated carbocycles. The summed E-state index contributed by atoms with van der Waals surface area (Å²) >= 11 is 9.14. The van der Waals surface area contributed by atoms with Crippen molar-refractivity contribution in [2.24, 2.45) is 0 Å². The summed E-state index contributed by atoms with van der Waals surface area (Å²) in [5.74, 6) is -0.614. The highest BCUT2D eigenvalue weighted by Crippen LogP contribution is 2.23. The Morgan fingerprint density at radius 2 is 1.82 bits per heavy atom. The number of methoxy groups -OCH3 is 1. The maximum Gasteiger partial charge on any atom is 0.342 e. The number of carbonyl (C=O) groups excluding carboxylic acids is 2. The zero-order valence-electron chi connectivity index (χ0n) is 11.6. The Hall–Kier alpha value is -1.85. The van der Waals surface area contributed by atoms with E-state index in [0.717, 1.165) is 4.47 Å². The Kier molecular flexibility index (Phi) is 5.57. The molecule has 22 heavy (non-hydrogen) atoms. The Morgan fingerprint density at radius 3 is 2.45 bits per heavy atom. The van der Waals surface area contributed by atoms with Crippen molar-refractivity contribution >= 4 is 39.3 Å². The SMILES string of the molecule is COc1ccc(Cl)cc1C(=O)OCC(=O)c1ccc(Br)cc1. The van der Waals surface area contributed by atoms with E-state index >= 15 is 0 Å². The van der Waals surface area contributed by atoms with Crippen molar-refractivity contribution in [1.82, 2.24) is 0 Å². The van der Waals surface area contributed by atoms with Crippen molar-refractivity contribution < 1.29 is 19.1 Å². The molecular weight excluding hydrogens is 372 g/mol. The van der Waals surface area contributed by atoms with Crippen LogP contribution in [0.3, 0.4) is 0 Å². The molecule has 0 spiro atoms. The van der Waals surface area contributed by atoms with E-state index < -0.39 is 5.97 Å². The maximum atomic E-state index is 12.0. The largest absolute Gasteiger partial charge is 0.496 e. The average Bonchev–Trinajstić information content (AvgIpc) is 2.53. The number of Topliss-reactive ketones (excluding diaryl/α,β-unsaturated/α-hetero) is 1. The molecule has 0 aliphatic heterocycles. The first kappa shape index (κ1) is 16.5. The monoisotopic (exact) mass is 382 g/mol. The fraction of sp³-hybridized carbons (Fsp3) is 0.125. The first-order valence-electron chi connectivity index (χ1n) is 6.30. The molecule has 0 fully saturated rings. The molecule has 2 aromatic carbocycles. The number of hydrogen-bond acceptors (Lipinski definition) is 4. The number of ketones is 1. The molecule has 0 radical (unpaired) electrons. The predicted octanol–water partition coefficient (Wildman–Crippen LogP) is 4.15. The van der Waals surface area contributed by atoms with Crippen LogP contribution in [0.5, 0.6) is 5.75 Å². The van der Waals surface area contributed by atoms with Crippen molar-refractivity contribution in [3.8, 4) is 5.75 Å². The second kappa shape index (κ2) is 7.42. The van der Waals surface area contributed by atoms with Gasteiger partial charge in [0.15, 0.2) is 12.4 Å². The number of benzene rings is 2. The summed E-state index contributed by atoms with van der Waals surface area (Å²) in [4.78, 5) is 24.0. The van der Waals surface area contributed by atoms with Gasteiger partial charge in [-0.15, -0.1) is 0 Å². The van der Waals surface area contributed by atoms with E-state index in [1.807, 2.05) is 0 Å². The van der Waals surface area contributed by atoms with Crippen LogP contribution in [0.15, 0.2) is 46.9 Å². The number of halogens is 2. The lowest BCUT2D eigenvalue weighted by molar-refractivity contribution is 0.0471. The minimum atomic E-state index is -0.662. The minimum Gasteiger partial charge on any atom is -0.496 e. The summed E-state index contributed by atoms with van der Waals surface area (Å²) in [5, 5.41) is 0.381. The van der Waals surface area contributed by atoms with E-state index in [9.17, 15) is 9.59 Å². The number of carbonyl (C=O) groups is 2. The van der Waals surface area contributed by atoms with Crippen molar-refractivity contribution in [2.45, 2.75) is 0 Å². The van der Waals surface area contributed by atoms with Gasteiger partial charge in [-0.2, -0.15) is 0 Å². The molecule has 0 bridgehead atoms. The molecule has 0 amide bonds. The lowest BCUT2D eigenvalue weighted by Crippen LogP contribution is -2.15. The van der Waals surface area contributed by atoms with Crippen LogP contribution in [-0.2, 0) is 4.74 Å². The molecule has 0 unspecified atom stereocenters. The van der Waals surface area contributed by atoms with Crippen LogP contribution in [0.25, 0.3) is 0 Å². The van der Waals surface area contributed by atoms with E-state index in [2.05, 4.69) is 15.9 Å². The van der Waals surface area contributed by atoms with E-state index in [0.29, 0.717) is 16.3 Å². The zero-order chi connectivity index (χ0) is 16.1. The molecule has 0 N–H and O–H groups in total. The third kappa shape index (κ3) is 4.08. The maximum absolute atomic E-state index is 12.0. The second-order valence-corrected chi connectivity index (χ2v) is 5.70. The fourth-order valence-electron chi connectivity index (χ4n) is 1.77. The van der Waals surface area contributed by atoms with Crippen LogP contribution in [0, 0.1) is 0 Å². The molecule has 2 aromatic rings. The molecule has 0 aliphatic rings. The highest BCUT2D eigenvalue weighted by atomic mass is 79.9. The molecule has 0 aromatic heterocycles. The predicted molar refractivity (Wildman–Crippen MR) is 86.8 cm³/mol. The Labute approximate surface area is 141 Å². The quantitative estimate of drug-likeness (QED) is 0.575. The van der Waals surface area contributed by atoms with Crippen molar-refractivity contribution in [3.63, 3.8) is 0 Å². The van der Waals surface area contributed by atoms with Gasteiger partial charge in [-0.1, -0.05) is 39.7 Å². The molecule has 4 nitrogen and oxygen atoms in total. The summed E-state index contributed by atoms with van der Waals surface area (Å²) in [5.41, 5.74) is 0.646. The highest BCUT2D eigenvalue weighted by Gasteiger charge is 2.16. The van der Waals surface area contributed by atoms with Crippen molar-refractivity contribution in [3.05, 3.63) is 63.1 Å². The number of esters is 1. The molecule has 6 heteroatoms. The summed E-state index contributed by atoms with van der Waals surface area (Å²) in [7, 11) is 1.44. The van der Waals surface area contributed by atoms with E-state index in [4.69, 9.17) is 21.1 Å². The number of ether oxygens (including phenoxy) is 2. The summed E-state index contributed by atoms with van der Waals surface area (Å²) in [6.45, 7) is -0.351. The highest BCUT2D eigenvalue weighted by molar-refractivity contribution is 9.10. The van der Waals surface area contributed by atoms with Crippen molar-refractivity contribution in [1.29, 1.82) is 0 Å². The first-order valence-corrected chi connectivity index (χ1v) is 7.48. The van der Waals surface area contributed by atoms with Gasteiger partial charge in [-0.3, -0.25) is 4.79 Å². The van der Waals surface area contributed by atoms with Gasteiger partial charge in [0.05, 0.1) is 7.11 Å². The molecular formula is C16H12BrClO4. The van der Waals surface area contributed by atoms with E-state index in [1.54, 1.807) is 36.4 Å². The third-order valence-corrected chi connectivity index (χ3v) is 3.65. The van der Waals surface area contributed by atoms with Gasteiger partial charge in [0.25, 0.3) is 0 Å². The lowest BCUT2D eigenvalue weighted by Gasteiger charge is -2.09. The summed E-state index contributed by atoms with van der Waals surface area (Å²) < 4.78 is 11.0. The molecule has 0 saturated heterocycles. The Balaban J connectivity index is 2.05. The summed E-state index contributed by atoms with van der Waals surface area (Å²) in [6, 6.07) is 11.4. The molecule has 114 valence electrons. The topological polar surface area (TPSA) is 52.6 Å². The van der Waals surface area contributed by atoms with Crippen LogP contribution in [0.1, 0.15) is 20.7 Å². The first-order chi connectivity index (χ1) is 10.5. The molecule has 2 rings (SSSR count). The number of rotatable bonds is 5. The van der Waals surface area contributed by atoms with Gasteiger partial charge < -0.3 is 9.47 Å². The standard InChI is InChI=1S/C16H12BrClO4/c1-21-15-7-6-12(18)8-13(15)16(20)22-9-14(19)10-2-4-11(17)5-3-10/h2-8H,9H2,1H3. The third-order valence-electron chi connectivity index (χ3n) is 2.88. The van der Waals surface area contributed by atoms with Gasteiger partial charge in [-0.05, 0) is 30.3 Å². The van der Waals surface area contributed by atoms with Crippen LogP contribution >= 0.6 is 27.5 Å². The van der Waals surface area contributed by atoms with Gasteiger partial charge >= 0.3 is 5.97 Å². The minimum absolute atomic E-state index is 0.179. The molecule has 0 aliphatic carbocycles. The van der Waals surface area contributed by atoms with Gasteiger partial charge in [0, 0.05) is 15.1 Å². The van der Waals surface area contributed by atoms with Gasteiger partial charge in [0.2, 0.25) is 0 Å². The normalized spacial score (nSPS) is 10.1. The number of hydrogen-bond donors (Lipinski definition) is 0. The fourth-order valence-corrected chi connectivity index (χ4v) is 2.20. The van der Waals surface area contributed by atoms with Crippen LogP contribution in [0.2, 0.25) is 5.02 Å². The lowest BCUT2D eigenvalue weighted by atomic mass is 10.1. The van der Waals surface area contributed by atoms with Crippen molar-refractivity contribution in [2.75, 3.05) is 13.7 Å². The smallest absolute Gasteiger partial charge is 0.342 e. The molecule has 0 heterocycles. The van der Waals surface area contributed by atoms with Crippen LogP contribution < -0.4 is 4.74 Å². The zero-order valence-corrected chi connectivity index (χ0v) is 14.0. The van der Waals surface area contributed by atoms with Crippen LogP contribution in [-0.4, -0.2) is 25.5 Å². The molecule has 0 atom stereocenters. The van der Waals surface area contributed by atoms with E-state index in [1.165, 1.54) is 13.2 Å². The van der Waals surface area contributed by atoms with Gasteiger partial charge in [-0.25, -0.2) is 4.79 Å². The summed E-state index contributed by atoms with van der Waals surface area (Å²) in [6.07, 6.45) is 0. The van der Waals surface area contributed by atoms with E-state index in [-0.39, 0.29) is 18.0 Å².